The fourth-order valence-corrected chi connectivity index (χ4v) is 0.668. The number of aliphatic carboxylic acids is 1. The van der Waals surface area contributed by atoms with Gasteiger partial charge in [-0.15, -0.1) is 0 Å². The quantitative estimate of drug-likeness (QED) is 0.298. The zero-order valence-electron chi connectivity index (χ0n) is 7.56. The number of nitrogens with two attached hydrogens (primary N) is 1. The molecule has 0 amide bonds. The molecular weight excluding hydrogens is 188 g/mol. The minimum absolute atomic E-state index is 0.269. The van der Waals surface area contributed by atoms with Gasteiger partial charge in [0.1, 0.15) is 5.70 Å². The van der Waals surface area contributed by atoms with E-state index in [2.05, 4.69) is 6.58 Å². The highest BCUT2D eigenvalue weighted by Crippen LogP contribution is 2.10. The number of carboxylic acid groups (broad SMARTS) is 1. The Morgan fingerprint density at radius 1 is 1.64 bits per heavy atom. The molecule has 0 rings (SSSR count). The third-order valence-electron chi connectivity index (χ3n) is 1.47. The molecule has 0 aromatic heterocycles. The van der Waals surface area contributed by atoms with Gasteiger partial charge in [0.25, 0.3) is 5.70 Å². The second-order valence-electron chi connectivity index (χ2n) is 2.39. The maximum Gasteiger partial charge on any atom is 0.333 e. The van der Waals surface area contributed by atoms with Crippen LogP contribution in [0.25, 0.3) is 0 Å². The van der Waals surface area contributed by atoms with Crippen molar-refractivity contribution in [1.29, 1.82) is 0 Å². The Labute approximate surface area is 80.2 Å². The molecule has 0 unspecified atom stereocenters. The third kappa shape index (κ3) is 2.74. The Morgan fingerprint density at radius 3 is 2.43 bits per heavy atom. The highest BCUT2D eigenvalue weighted by Gasteiger charge is 2.18. The van der Waals surface area contributed by atoms with Gasteiger partial charge in [0, 0.05) is 6.08 Å². The van der Waals surface area contributed by atoms with Crippen molar-refractivity contribution in [2.75, 3.05) is 0 Å². The van der Waals surface area contributed by atoms with Crippen LogP contribution in [-0.2, 0) is 4.79 Å². The number of nitrogens with zero attached hydrogens (tertiary/aromatic N) is 1. The molecule has 0 saturated heterocycles. The molecule has 6 heteroatoms. The van der Waals surface area contributed by atoms with Crippen LogP contribution in [0.2, 0.25) is 0 Å². The average Bonchev–Trinajstić information content (AvgIpc) is 2.11. The van der Waals surface area contributed by atoms with Crippen molar-refractivity contribution >= 4 is 5.97 Å². The smallest absolute Gasteiger partial charge is 0.333 e. The molecule has 0 atom stereocenters. The summed E-state index contributed by atoms with van der Waals surface area (Å²) in [7, 11) is 0. The fourth-order valence-electron chi connectivity index (χ4n) is 0.668. The summed E-state index contributed by atoms with van der Waals surface area (Å²) >= 11 is 0. The summed E-state index contributed by atoms with van der Waals surface area (Å²) in [6.45, 7) is 4.46. The van der Waals surface area contributed by atoms with E-state index < -0.39 is 16.6 Å². The van der Waals surface area contributed by atoms with Gasteiger partial charge in [0.15, 0.2) is 0 Å². The Kier molecular flexibility index (Phi) is 4.08. The predicted octanol–water partition coefficient (Wildman–Crippen LogP) is 0.650. The van der Waals surface area contributed by atoms with E-state index in [1.165, 1.54) is 13.0 Å². The topological polar surface area (TPSA) is 106 Å². The van der Waals surface area contributed by atoms with Crippen molar-refractivity contribution in [3.8, 4) is 0 Å². The van der Waals surface area contributed by atoms with Gasteiger partial charge < -0.3 is 10.8 Å². The lowest BCUT2D eigenvalue weighted by Crippen LogP contribution is -2.15. The molecule has 0 aliphatic heterocycles. The van der Waals surface area contributed by atoms with Gasteiger partial charge in [-0.05, 0) is 6.92 Å². The van der Waals surface area contributed by atoms with Gasteiger partial charge in [-0.1, -0.05) is 12.7 Å². The average molecular weight is 198 g/mol. The van der Waals surface area contributed by atoms with E-state index in [1.54, 1.807) is 0 Å². The van der Waals surface area contributed by atoms with Crippen molar-refractivity contribution in [1.82, 2.24) is 0 Å². The van der Waals surface area contributed by atoms with Gasteiger partial charge in [-0.3, -0.25) is 10.1 Å². The van der Waals surface area contributed by atoms with E-state index in [4.69, 9.17) is 10.8 Å². The highest BCUT2D eigenvalue weighted by molar-refractivity contribution is 5.87. The van der Waals surface area contributed by atoms with Crippen LogP contribution in [0.5, 0.6) is 0 Å². The number of allylic oxidation sites excluding steroid dienone is 2. The van der Waals surface area contributed by atoms with Crippen molar-refractivity contribution in [3.63, 3.8) is 0 Å². The Bertz CT molecular complexity index is 341. The van der Waals surface area contributed by atoms with Gasteiger partial charge in [-0.2, -0.15) is 0 Å². The Hall–Kier alpha value is -2.11. The van der Waals surface area contributed by atoms with Gasteiger partial charge >= 0.3 is 5.97 Å². The largest absolute Gasteiger partial charge is 0.478 e. The zero-order valence-corrected chi connectivity index (χ0v) is 7.56. The van der Waals surface area contributed by atoms with Crippen molar-refractivity contribution in [3.05, 3.63) is 45.8 Å². The van der Waals surface area contributed by atoms with Crippen LogP contribution in [-0.4, -0.2) is 16.0 Å². The van der Waals surface area contributed by atoms with Crippen LogP contribution in [0, 0.1) is 10.1 Å². The molecule has 6 nitrogen and oxygen atoms in total. The lowest BCUT2D eigenvalue weighted by Gasteiger charge is -2.00. The Balaban J connectivity index is 5.35. The number of carboxylic acids is 1. The van der Waals surface area contributed by atoms with Crippen LogP contribution in [0.1, 0.15) is 6.92 Å². The number of rotatable bonds is 4. The van der Waals surface area contributed by atoms with Crippen LogP contribution >= 0.6 is 0 Å². The highest BCUT2D eigenvalue weighted by atomic mass is 16.6. The molecule has 76 valence electrons. The van der Waals surface area contributed by atoms with Crippen molar-refractivity contribution in [2.45, 2.75) is 6.92 Å². The van der Waals surface area contributed by atoms with Gasteiger partial charge in [0.05, 0.1) is 10.5 Å². The molecular formula is C8H10N2O4. The molecule has 0 fully saturated rings. The van der Waals surface area contributed by atoms with E-state index in [0.717, 1.165) is 6.08 Å². The predicted molar refractivity (Wildman–Crippen MR) is 49.8 cm³/mol. The minimum Gasteiger partial charge on any atom is -0.478 e. The van der Waals surface area contributed by atoms with Gasteiger partial charge in [0.2, 0.25) is 0 Å². The van der Waals surface area contributed by atoms with Crippen LogP contribution < -0.4 is 5.73 Å². The molecule has 0 saturated carbocycles. The second-order valence-corrected chi connectivity index (χ2v) is 2.39. The van der Waals surface area contributed by atoms with E-state index in [9.17, 15) is 14.9 Å². The second kappa shape index (κ2) is 4.80. The molecule has 0 heterocycles. The normalized spacial score (nSPS) is 13.1. The van der Waals surface area contributed by atoms with Gasteiger partial charge in [-0.25, -0.2) is 4.79 Å². The van der Waals surface area contributed by atoms with E-state index >= 15 is 0 Å². The summed E-state index contributed by atoms with van der Waals surface area (Å²) in [6.07, 6.45) is 2.21. The maximum absolute atomic E-state index is 10.5. The lowest BCUT2D eigenvalue weighted by molar-refractivity contribution is -0.421. The first-order chi connectivity index (χ1) is 6.41. The van der Waals surface area contributed by atoms with Crippen LogP contribution in [0.15, 0.2) is 35.7 Å². The first-order valence-corrected chi connectivity index (χ1v) is 3.59. The summed E-state index contributed by atoms with van der Waals surface area (Å²) < 4.78 is 0. The summed E-state index contributed by atoms with van der Waals surface area (Å²) in [5.74, 6) is -1.29. The van der Waals surface area contributed by atoms with Crippen molar-refractivity contribution < 1.29 is 14.8 Å². The zero-order chi connectivity index (χ0) is 11.3. The standard InChI is InChI=1S/C8H10N2O4/c1-3-4-6(10(13)14)7(9)5(2)8(11)12/h3-4H,1,9H2,2H3,(H,11,12)/b6-4+,7-5-. The monoisotopic (exact) mass is 198 g/mol. The molecule has 0 aromatic carbocycles. The number of carbonyl (C=O) groups is 1. The molecule has 3 N–H and O–H groups in total. The molecule has 14 heavy (non-hydrogen) atoms. The first kappa shape index (κ1) is 11.9. The van der Waals surface area contributed by atoms with Crippen LogP contribution in [0.4, 0.5) is 0 Å². The summed E-state index contributed by atoms with van der Waals surface area (Å²) in [5.41, 5.74) is 4.18. The summed E-state index contributed by atoms with van der Waals surface area (Å²) in [4.78, 5) is 20.1. The number of hydrogen-bond donors (Lipinski definition) is 2. The fraction of sp³-hybridized carbons (Fsp3) is 0.125. The van der Waals surface area contributed by atoms with E-state index in [0.29, 0.717) is 0 Å². The molecule has 0 aliphatic carbocycles. The summed E-state index contributed by atoms with van der Waals surface area (Å²) in [5, 5.41) is 19.0. The molecule has 0 aromatic rings. The third-order valence-corrected chi connectivity index (χ3v) is 1.47. The summed E-state index contributed by atoms with van der Waals surface area (Å²) in [6, 6.07) is 0. The molecule has 0 radical (unpaired) electrons. The molecule has 0 spiro atoms. The SMILES string of the molecule is C=C/C=C(\C(N)=C(/C)C(=O)O)[N+](=O)[O-]. The van der Waals surface area contributed by atoms with Crippen LogP contribution in [0.3, 0.4) is 0 Å². The molecule has 0 bridgehead atoms. The first-order valence-electron chi connectivity index (χ1n) is 3.59. The maximum atomic E-state index is 10.5. The van der Waals surface area contributed by atoms with E-state index in [1.807, 2.05) is 0 Å². The molecule has 0 aliphatic rings. The number of nitro groups is 1. The van der Waals surface area contributed by atoms with Crippen molar-refractivity contribution in [2.24, 2.45) is 5.73 Å². The van der Waals surface area contributed by atoms with E-state index in [-0.39, 0.29) is 11.3 Å². The minimum atomic E-state index is -1.29. The number of hydrogen-bond acceptors (Lipinski definition) is 4. The lowest BCUT2D eigenvalue weighted by atomic mass is 10.2. The Morgan fingerprint density at radius 2 is 2.14 bits per heavy atom.